The molecule has 1 aromatic rings. The summed E-state index contributed by atoms with van der Waals surface area (Å²) in [7, 11) is 0. The van der Waals surface area contributed by atoms with Gasteiger partial charge in [-0.15, -0.1) is 0 Å². The lowest BCUT2D eigenvalue weighted by Crippen LogP contribution is -2.40. The fraction of sp³-hybridized carbons (Fsp3) is 0.500. The number of hydrogen-bond acceptors (Lipinski definition) is 2. The summed E-state index contributed by atoms with van der Waals surface area (Å²) in [5.41, 5.74) is 0.960. The van der Waals surface area contributed by atoms with Crippen molar-refractivity contribution >= 4 is 33.4 Å². The molecule has 0 heterocycles. The van der Waals surface area contributed by atoms with E-state index in [1.54, 1.807) is 0 Å². The number of aryl methyl sites for hydroxylation is 1. The molecule has 1 aliphatic rings. The Labute approximate surface area is 133 Å². The number of amides is 2. The Balaban J connectivity index is 1.99. The van der Waals surface area contributed by atoms with Gasteiger partial charge in [-0.2, -0.15) is 0 Å². The van der Waals surface area contributed by atoms with Crippen molar-refractivity contribution in [2.24, 2.45) is 5.41 Å². The largest absolute Gasteiger partial charge is 0.355 e. The molecule has 1 saturated carbocycles. The molecule has 0 saturated heterocycles. The minimum Gasteiger partial charge on any atom is -0.355 e. The van der Waals surface area contributed by atoms with Gasteiger partial charge in [0.25, 0.3) is 0 Å². The van der Waals surface area contributed by atoms with Crippen molar-refractivity contribution in [2.45, 2.75) is 39.5 Å². The van der Waals surface area contributed by atoms with Crippen LogP contribution in [0.5, 0.6) is 0 Å². The summed E-state index contributed by atoms with van der Waals surface area (Å²) in [6.07, 6.45) is 3.22. The van der Waals surface area contributed by atoms with E-state index in [2.05, 4.69) is 33.5 Å². The average Bonchev–Trinajstić information content (AvgIpc) is 3.25. The van der Waals surface area contributed by atoms with Gasteiger partial charge in [-0.3, -0.25) is 9.59 Å². The smallest absolute Gasteiger partial charge is 0.240 e. The van der Waals surface area contributed by atoms with Crippen LogP contribution < -0.4 is 10.6 Å². The highest BCUT2D eigenvalue weighted by Gasteiger charge is 2.56. The highest BCUT2D eigenvalue weighted by atomic mass is 79.9. The van der Waals surface area contributed by atoms with Crippen LogP contribution in [0.25, 0.3) is 0 Å². The van der Waals surface area contributed by atoms with Crippen LogP contribution in [0.2, 0.25) is 0 Å². The Bertz CT molecular complexity index is 553. The number of benzene rings is 1. The van der Waals surface area contributed by atoms with E-state index < -0.39 is 5.41 Å². The van der Waals surface area contributed by atoms with Crippen molar-refractivity contribution in [1.82, 2.24) is 5.32 Å². The van der Waals surface area contributed by atoms with Crippen LogP contribution in [0.1, 0.15) is 38.2 Å². The molecule has 2 amide bonds. The highest BCUT2D eigenvalue weighted by Crippen LogP contribution is 2.46. The molecule has 0 aromatic heterocycles. The third-order valence-corrected chi connectivity index (χ3v) is 4.72. The Morgan fingerprint density at radius 3 is 2.57 bits per heavy atom. The summed E-state index contributed by atoms with van der Waals surface area (Å²) in [4.78, 5) is 24.6. The third kappa shape index (κ3) is 3.64. The molecular weight excluding hydrogens is 332 g/mol. The standard InChI is InChI=1S/C16H21BrN2O2/c1-3-4-9-18-14(20)16(7-8-16)15(21)19-12-6-5-11(2)13(17)10-12/h5-6,10H,3-4,7-9H2,1-2H3,(H,18,20)(H,19,21). The first kappa shape index (κ1) is 16.0. The second-order valence-electron chi connectivity index (χ2n) is 5.61. The molecular formula is C16H21BrN2O2. The summed E-state index contributed by atoms with van der Waals surface area (Å²) in [6.45, 7) is 4.70. The average molecular weight is 353 g/mol. The van der Waals surface area contributed by atoms with Crippen molar-refractivity contribution in [3.63, 3.8) is 0 Å². The first-order valence-electron chi connectivity index (χ1n) is 7.35. The summed E-state index contributed by atoms with van der Waals surface area (Å²) in [5, 5.41) is 5.72. The second-order valence-corrected chi connectivity index (χ2v) is 6.46. The lowest BCUT2D eigenvalue weighted by molar-refractivity contribution is -0.134. The molecule has 2 N–H and O–H groups in total. The zero-order valence-electron chi connectivity index (χ0n) is 12.5. The van der Waals surface area contributed by atoms with Gasteiger partial charge in [0.2, 0.25) is 11.8 Å². The van der Waals surface area contributed by atoms with E-state index in [0.717, 1.165) is 22.9 Å². The van der Waals surface area contributed by atoms with Gasteiger partial charge in [-0.05, 0) is 43.9 Å². The Kier molecular flexibility index (Phi) is 5.04. The van der Waals surface area contributed by atoms with E-state index >= 15 is 0 Å². The van der Waals surface area contributed by atoms with Crippen molar-refractivity contribution < 1.29 is 9.59 Å². The van der Waals surface area contributed by atoms with Crippen molar-refractivity contribution in [1.29, 1.82) is 0 Å². The van der Waals surface area contributed by atoms with Gasteiger partial charge in [0.15, 0.2) is 0 Å². The van der Waals surface area contributed by atoms with Crippen LogP contribution in [0.15, 0.2) is 22.7 Å². The monoisotopic (exact) mass is 352 g/mol. The first-order chi connectivity index (χ1) is 9.99. The molecule has 4 nitrogen and oxygen atoms in total. The van der Waals surface area contributed by atoms with Gasteiger partial charge in [-0.1, -0.05) is 35.3 Å². The second kappa shape index (κ2) is 6.60. The number of rotatable bonds is 6. The molecule has 0 unspecified atom stereocenters. The van der Waals surface area contributed by atoms with E-state index in [4.69, 9.17) is 0 Å². The van der Waals surface area contributed by atoms with Crippen molar-refractivity contribution in [2.75, 3.05) is 11.9 Å². The summed E-state index contributed by atoms with van der Waals surface area (Å²) in [6, 6.07) is 5.64. The van der Waals surface area contributed by atoms with Crippen LogP contribution in [-0.4, -0.2) is 18.4 Å². The number of unbranched alkanes of at least 4 members (excludes halogenated alkanes) is 1. The number of anilines is 1. The maximum Gasteiger partial charge on any atom is 0.240 e. The number of halogens is 1. The number of carbonyl (C=O) groups excluding carboxylic acids is 2. The third-order valence-electron chi connectivity index (χ3n) is 3.86. The topological polar surface area (TPSA) is 58.2 Å². The normalized spacial score (nSPS) is 15.4. The first-order valence-corrected chi connectivity index (χ1v) is 8.15. The van der Waals surface area contributed by atoms with Crippen molar-refractivity contribution in [3.8, 4) is 0 Å². The predicted molar refractivity (Wildman–Crippen MR) is 87.1 cm³/mol. The van der Waals surface area contributed by atoms with Crippen molar-refractivity contribution in [3.05, 3.63) is 28.2 Å². The van der Waals surface area contributed by atoms with Gasteiger partial charge >= 0.3 is 0 Å². The van der Waals surface area contributed by atoms with E-state index in [9.17, 15) is 9.59 Å². The highest BCUT2D eigenvalue weighted by molar-refractivity contribution is 9.10. The van der Waals surface area contributed by atoms with E-state index in [0.29, 0.717) is 25.1 Å². The van der Waals surface area contributed by atoms with Gasteiger partial charge in [0, 0.05) is 16.7 Å². The molecule has 1 aromatic carbocycles. The van der Waals surface area contributed by atoms with Gasteiger partial charge in [0.1, 0.15) is 5.41 Å². The minimum atomic E-state index is -0.856. The minimum absolute atomic E-state index is 0.139. The number of carbonyl (C=O) groups is 2. The Morgan fingerprint density at radius 1 is 1.29 bits per heavy atom. The van der Waals surface area contributed by atoms with E-state index in [1.165, 1.54) is 0 Å². The molecule has 2 rings (SSSR count). The van der Waals surface area contributed by atoms with Crippen LogP contribution in [-0.2, 0) is 9.59 Å². The number of nitrogens with one attached hydrogen (secondary N) is 2. The van der Waals surface area contributed by atoms with Crippen LogP contribution in [0.4, 0.5) is 5.69 Å². The summed E-state index contributed by atoms with van der Waals surface area (Å²) in [5.74, 6) is -0.341. The molecule has 0 bridgehead atoms. The maximum atomic E-state index is 12.4. The zero-order chi connectivity index (χ0) is 15.5. The SMILES string of the molecule is CCCCNC(=O)C1(C(=O)Nc2ccc(C)c(Br)c2)CC1. The van der Waals surface area contributed by atoms with Gasteiger partial charge in [0.05, 0.1) is 0 Å². The van der Waals surface area contributed by atoms with Crippen LogP contribution in [0, 0.1) is 12.3 Å². The maximum absolute atomic E-state index is 12.4. The zero-order valence-corrected chi connectivity index (χ0v) is 14.0. The molecule has 114 valence electrons. The van der Waals surface area contributed by atoms with Crippen LogP contribution >= 0.6 is 15.9 Å². The summed E-state index contributed by atoms with van der Waals surface area (Å²) < 4.78 is 0.942. The predicted octanol–water partition coefficient (Wildman–Crippen LogP) is 3.39. The molecule has 0 spiro atoms. The van der Waals surface area contributed by atoms with Crippen LogP contribution in [0.3, 0.4) is 0 Å². The quantitative estimate of drug-likeness (QED) is 0.608. The molecule has 0 radical (unpaired) electrons. The Morgan fingerprint density at radius 2 is 2.00 bits per heavy atom. The van der Waals surface area contributed by atoms with E-state index in [-0.39, 0.29) is 11.8 Å². The van der Waals surface area contributed by atoms with E-state index in [1.807, 2.05) is 25.1 Å². The fourth-order valence-electron chi connectivity index (χ4n) is 2.15. The summed E-state index contributed by atoms with van der Waals surface area (Å²) >= 11 is 3.44. The molecule has 0 aliphatic heterocycles. The molecule has 5 heteroatoms. The van der Waals surface area contributed by atoms with Gasteiger partial charge < -0.3 is 10.6 Å². The lowest BCUT2D eigenvalue weighted by Gasteiger charge is -2.15. The van der Waals surface area contributed by atoms with Gasteiger partial charge in [-0.25, -0.2) is 0 Å². The molecule has 1 fully saturated rings. The number of hydrogen-bond donors (Lipinski definition) is 2. The fourth-order valence-corrected chi connectivity index (χ4v) is 2.53. The Hall–Kier alpha value is -1.36. The molecule has 21 heavy (non-hydrogen) atoms. The molecule has 1 aliphatic carbocycles. The molecule has 0 atom stereocenters. The lowest BCUT2D eigenvalue weighted by atomic mass is 10.0.